The lowest BCUT2D eigenvalue weighted by Gasteiger charge is -2.32. The molecule has 0 saturated carbocycles. The molecular weight excluding hydrogens is 352 g/mol. The van der Waals surface area contributed by atoms with Crippen molar-refractivity contribution < 1.29 is 9.53 Å². The van der Waals surface area contributed by atoms with E-state index in [0.717, 1.165) is 23.1 Å². The molecule has 0 bridgehead atoms. The summed E-state index contributed by atoms with van der Waals surface area (Å²) < 4.78 is 7.23. The number of hydrogen-bond donors (Lipinski definition) is 1. The van der Waals surface area contributed by atoms with Crippen LogP contribution in [0.15, 0.2) is 5.38 Å². The minimum atomic E-state index is -0.124. The molecule has 9 heteroatoms. The smallest absolute Gasteiger partial charge is 0.273 e. The zero-order chi connectivity index (χ0) is 18.8. The number of methoxy groups -OCH3 is 1. The first-order valence-electron chi connectivity index (χ1n) is 8.82. The molecule has 0 aliphatic carbocycles. The molecule has 142 valence electrons. The van der Waals surface area contributed by atoms with Crippen molar-refractivity contribution in [3.63, 3.8) is 0 Å². The number of carbonyl (C=O) groups excluding carboxylic acids is 1. The van der Waals surface area contributed by atoms with Crippen LogP contribution < -0.4 is 5.73 Å². The number of nitrogens with two attached hydrogens (primary N) is 1. The molecule has 26 heavy (non-hydrogen) atoms. The molecule has 0 fully saturated rings. The van der Waals surface area contributed by atoms with Crippen LogP contribution in [0.5, 0.6) is 0 Å². The number of nitrogens with zero attached hydrogens (tertiary/aromatic N) is 5. The van der Waals surface area contributed by atoms with Gasteiger partial charge in [-0.2, -0.15) is 0 Å². The molecule has 2 atom stereocenters. The van der Waals surface area contributed by atoms with Gasteiger partial charge in [-0.1, -0.05) is 13.8 Å². The summed E-state index contributed by atoms with van der Waals surface area (Å²) in [6.07, 6.45) is 0.854. The van der Waals surface area contributed by atoms with Gasteiger partial charge in [0, 0.05) is 19.0 Å². The fraction of sp³-hybridized carbons (Fsp3) is 0.647. The van der Waals surface area contributed by atoms with Crippen molar-refractivity contribution in [2.75, 3.05) is 13.7 Å². The molecule has 0 unspecified atom stereocenters. The summed E-state index contributed by atoms with van der Waals surface area (Å²) in [5, 5.41) is 11.0. The lowest BCUT2D eigenvalue weighted by molar-refractivity contribution is 0.0669. The average molecular weight is 379 g/mol. The molecule has 8 nitrogen and oxygen atoms in total. The predicted molar refractivity (Wildman–Crippen MR) is 98.7 cm³/mol. The average Bonchev–Trinajstić information content (AvgIpc) is 3.21. The van der Waals surface area contributed by atoms with Gasteiger partial charge in [0.25, 0.3) is 5.91 Å². The Labute approximate surface area is 157 Å². The Bertz CT molecular complexity index is 771. The minimum absolute atomic E-state index is 0.0846. The molecule has 2 aromatic heterocycles. The maximum absolute atomic E-state index is 12.9. The Kier molecular flexibility index (Phi) is 5.69. The third-order valence-corrected chi connectivity index (χ3v) is 5.42. The number of aromatic nitrogens is 4. The quantitative estimate of drug-likeness (QED) is 0.827. The first-order valence-corrected chi connectivity index (χ1v) is 9.70. The molecule has 1 amide bonds. The van der Waals surface area contributed by atoms with Crippen molar-refractivity contribution in [1.82, 2.24) is 24.6 Å². The fourth-order valence-electron chi connectivity index (χ4n) is 3.32. The summed E-state index contributed by atoms with van der Waals surface area (Å²) >= 11 is 1.46. The van der Waals surface area contributed by atoms with Gasteiger partial charge in [-0.05, 0) is 19.3 Å². The second-order valence-corrected chi connectivity index (χ2v) is 8.07. The normalized spacial score (nSPS) is 18.2. The van der Waals surface area contributed by atoms with Crippen molar-refractivity contribution in [3.05, 3.63) is 27.7 Å². The van der Waals surface area contributed by atoms with E-state index in [1.54, 1.807) is 17.4 Å². The summed E-state index contributed by atoms with van der Waals surface area (Å²) in [6.45, 7) is 7.73. The van der Waals surface area contributed by atoms with Gasteiger partial charge in [-0.15, -0.1) is 21.5 Å². The topological polar surface area (TPSA) is 99.2 Å². The standard InChI is InChI=1S/C17H26N6O2S/c1-10(2)5-12(18)16-19-13(9-26-16)17(24)22-6-11(3)23-14(7-22)20-21-15(23)8-25-4/h9-12H,5-8,18H2,1-4H3/t11-,12-/m0/s1. The van der Waals surface area contributed by atoms with Crippen molar-refractivity contribution in [1.29, 1.82) is 0 Å². The van der Waals surface area contributed by atoms with Gasteiger partial charge in [0.05, 0.1) is 18.6 Å². The summed E-state index contributed by atoms with van der Waals surface area (Å²) in [5.74, 6) is 1.97. The SMILES string of the molecule is COCc1nnc2n1[C@@H](C)CN(C(=O)c1csc([C@@H](N)CC(C)C)n1)C2. The first-order chi connectivity index (χ1) is 12.4. The summed E-state index contributed by atoms with van der Waals surface area (Å²) in [7, 11) is 1.63. The highest BCUT2D eigenvalue weighted by Gasteiger charge is 2.30. The van der Waals surface area contributed by atoms with Crippen molar-refractivity contribution in [3.8, 4) is 0 Å². The van der Waals surface area contributed by atoms with Crippen molar-refractivity contribution in [2.24, 2.45) is 11.7 Å². The number of thiazole rings is 1. The maximum atomic E-state index is 12.9. The van der Waals surface area contributed by atoms with Crippen molar-refractivity contribution in [2.45, 2.75) is 52.4 Å². The molecule has 1 aliphatic rings. The Morgan fingerprint density at radius 2 is 2.23 bits per heavy atom. The molecule has 2 N–H and O–H groups in total. The summed E-state index contributed by atoms with van der Waals surface area (Å²) in [5.41, 5.74) is 6.65. The fourth-order valence-corrected chi connectivity index (χ4v) is 4.13. The van der Waals surface area contributed by atoms with Crippen LogP contribution in [-0.4, -0.2) is 44.2 Å². The van der Waals surface area contributed by atoms with E-state index in [0.29, 0.717) is 31.3 Å². The molecule has 2 aromatic rings. The van der Waals surface area contributed by atoms with Crippen LogP contribution in [0.4, 0.5) is 0 Å². The van der Waals surface area contributed by atoms with Crippen LogP contribution >= 0.6 is 11.3 Å². The van der Waals surface area contributed by atoms with Gasteiger partial charge in [0.2, 0.25) is 0 Å². The van der Waals surface area contributed by atoms with Crippen molar-refractivity contribution >= 4 is 17.2 Å². The number of ether oxygens (including phenoxy) is 1. The number of carbonyl (C=O) groups is 1. The van der Waals surface area contributed by atoms with E-state index in [2.05, 4.69) is 40.5 Å². The van der Waals surface area contributed by atoms with Crippen LogP contribution in [0, 0.1) is 5.92 Å². The Hall–Kier alpha value is -1.84. The maximum Gasteiger partial charge on any atom is 0.273 e. The van der Waals surface area contributed by atoms with Gasteiger partial charge < -0.3 is 19.9 Å². The van der Waals surface area contributed by atoms with Gasteiger partial charge in [0.15, 0.2) is 11.6 Å². The highest BCUT2D eigenvalue weighted by atomic mass is 32.1. The zero-order valence-corrected chi connectivity index (χ0v) is 16.5. The molecule has 3 rings (SSSR count). The summed E-state index contributed by atoms with van der Waals surface area (Å²) in [4.78, 5) is 19.2. The lowest BCUT2D eigenvalue weighted by Crippen LogP contribution is -2.41. The number of rotatable bonds is 6. The van der Waals surface area contributed by atoms with Crippen LogP contribution in [0.25, 0.3) is 0 Å². The van der Waals surface area contributed by atoms with E-state index in [-0.39, 0.29) is 18.0 Å². The van der Waals surface area contributed by atoms with Crippen LogP contribution in [0.1, 0.15) is 66.4 Å². The van der Waals surface area contributed by atoms with E-state index in [4.69, 9.17) is 10.5 Å². The molecule has 0 radical (unpaired) electrons. The largest absolute Gasteiger partial charge is 0.377 e. The van der Waals surface area contributed by atoms with E-state index >= 15 is 0 Å². The Morgan fingerprint density at radius 1 is 1.46 bits per heavy atom. The third kappa shape index (κ3) is 3.79. The Balaban J connectivity index is 1.74. The van der Waals surface area contributed by atoms with E-state index in [1.165, 1.54) is 11.3 Å². The molecular formula is C17H26N6O2S. The number of fused-ring (bicyclic) bond motifs is 1. The molecule has 3 heterocycles. The lowest BCUT2D eigenvalue weighted by atomic mass is 10.1. The monoisotopic (exact) mass is 378 g/mol. The summed E-state index contributed by atoms with van der Waals surface area (Å²) in [6, 6.07) is -0.0364. The molecule has 0 saturated heterocycles. The minimum Gasteiger partial charge on any atom is -0.377 e. The van der Waals surface area contributed by atoms with E-state index in [1.807, 2.05) is 0 Å². The van der Waals surface area contributed by atoms with E-state index in [9.17, 15) is 4.79 Å². The number of hydrogen-bond acceptors (Lipinski definition) is 7. The highest BCUT2D eigenvalue weighted by Crippen LogP contribution is 2.26. The van der Waals surface area contributed by atoms with Crippen LogP contribution in [-0.2, 0) is 17.9 Å². The van der Waals surface area contributed by atoms with Crippen LogP contribution in [0.3, 0.4) is 0 Å². The van der Waals surface area contributed by atoms with E-state index < -0.39 is 0 Å². The first kappa shape index (κ1) is 18.9. The molecule has 0 aromatic carbocycles. The highest BCUT2D eigenvalue weighted by molar-refractivity contribution is 7.09. The second-order valence-electron chi connectivity index (χ2n) is 7.18. The van der Waals surface area contributed by atoms with Crippen LogP contribution in [0.2, 0.25) is 0 Å². The zero-order valence-electron chi connectivity index (χ0n) is 15.7. The number of amides is 1. The van der Waals surface area contributed by atoms with Gasteiger partial charge in [-0.3, -0.25) is 4.79 Å². The van der Waals surface area contributed by atoms with Gasteiger partial charge in [0.1, 0.15) is 17.3 Å². The van der Waals surface area contributed by atoms with Gasteiger partial charge in [-0.25, -0.2) is 4.98 Å². The predicted octanol–water partition coefficient (Wildman–Crippen LogP) is 2.14. The third-order valence-electron chi connectivity index (χ3n) is 4.44. The van der Waals surface area contributed by atoms with Gasteiger partial charge >= 0.3 is 0 Å². The second kappa shape index (κ2) is 7.81. The molecule has 1 aliphatic heterocycles. The molecule has 0 spiro atoms. The Morgan fingerprint density at radius 3 is 2.92 bits per heavy atom.